The van der Waals surface area contributed by atoms with Crippen molar-refractivity contribution in [3.05, 3.63) is 65.5 Å². The van der Waals surface area contributed by atoms with Crippen LogP contribution in [0.5, 0.6) is 0 Å². The zero-order valence-corrected chi connectivity index (χ0v) is 9.20. The van der Waals surface area contributed by atoms with Crippen LogP contribution in [0.2, 0.25) is 0 Å². The van der Waals surface area contributed by atoms with Crippen LogP contribution in [0.4, 0.5) is 10.1 Å². The van der Waals surface area contributed by atoms with Gasteiger partial charge >= 0.3 is 0 Å². The molecule has 2 aromatic rings. The van der Waals surface area contributed by atoms with Crippen molar-refractivity contribution >= 4 is 5.69 Å². The van der Waals surface area contributed by atoms with Gasteiger partial charge in [-0.15, -0.1) is 0 Å². The molecule has 0 radical (unpaired) electrons. The SMILES string of the molecule is Cc1cc(NCc2ccccc2)ccc1F. The van der Waals surface area contributed by atoms with E-state index >= 15 is 0 Å². The van der Waals surface area contributed by atoms with Gasteiger partial charge in [0.1, 0.15) is 5.82 Å². The first-order valence-electron chi connectivity index (χ1n) is 5.29. The molecule has 2 rings (SSSR count). The third-order valence-corrected chi connectivity index (χ3v) is 2.50. The van der Waals surface area contributed by atoms with Crippen molar-refractivity contribution in [2.24, 2.45) is 0 Å². The summed E-state index contributed by atoms with van der Waals surface area (Å²) in [5.74, 6) is -0.162. The van der Waals surface area contributed by atoms with Gasteiger partial charge in [-0.2, -0.15) is 0 Å². The molecule has 2 aromatic carbocycles. The van der Waals surface area contributed by atoms with E-state index < -0.39 is 0 Å². The molecule has 0 saturated heterocycles. The van der Waals surface area contributed by atoms with E-state index in [-0.39, 0.29) is 5.82 Å². The number of aryl methyl sites for hydroxylation is 1. The van der Waals surface area contributed by atoms with Crippen LogP contribution in [0.15, 0.2) is 48.5 Å². The Labute approximate surface area is 94.9 Å². The quantitative estimate of drug-likeness (QED) is 0.822. The van der Waals surface area contributed by atoms with Crippen molar-refractivity contribution in [1.82, 2.24) is 0 Å². The standard InChI is InChI=1S/C14H14FN/c1-11-9-13(7-8-14(11)15)16-10-12-5-3-2-4-6-12/h2-9,16H,10H2,1H3. The van der Waals surface area contributed by atoms with E-state index in [4.69, 9.17) is 0 Å². The van der Waals surface area contributed by atoms with E-state index in [1.165, 1.54) is 11.6 Å². The molecule has 0 bridgehead atoms. The molecule has 0 amide bonds. The van der Waals surface area contributed by atoms with Crippen molar-refractivity contribution in [3.63, 3.8) is 0 Å². The van der Waals surface area contributed by atoms with Crippen LogP contribution in [0, 0.1) is 12.7 Å². The molecule has 1 N–H and O–H groups in total. The normalized spacial score (nSPS) is 10.1. The Kier molecular flexibility index (Phi) is 3.20. The Balaban J connectivity index is 2.03. The van der Waals surface area contributed by atoms with Gasteiger partial charge in [-0.05, 0) is 36.2 Å². The molecule has 16 heavy (non-hydrogen) atoms. The zero-order valence-electron chi connectivity index (χ0n) is 9.20. The van der Waals surface area contributed by atoms with Gasteiger partial charge < -0.3 is 5.32 Å². The number of hydrogen-bond acceptors (Lipinski definition) is 1. The lowest BCUT2D eigenvalue weighted by molar-refractivity contribution is 0.618. The van der Waals surface area contributed by atoms with Gasteiger partial charge in [0.25, 0.3) is 0 Å². The molecule has 82 valence electrons. The molecule has 0 heterocycles. The monoisotopic (exact) mass is 215 g/mol. The maximum Gasteiger partial charge on any atom is 0.126 e. The van der Waals surface area contributed by atoms with Crippen LogP contribution in [0.1, 0.15) is 11.1 Å². The summed E-state index contributed by atoms with van der Waals surface area (Å²) < 4.78 is 13.0. The predicted molar refractivity (Wildman–Crippen MR) is 64.9 cm³/mol. The third kappa shape index (κ3) is 2.60. The highest BCUT2D eigenvalue weighted by molar-refractivity contribution is 5.46. The molecule has 2 heteroatoms. The van der Waals surface area contributed by atoms with Crippen molar-refractivity contribution in [3.8, 4) is 0 Å². The second-order valence-electron chi connectivity index (χ2n) is 3.80. The molecular weight excluding hydrogens is 201 g/mol. The van der Waals surface area contributed by atoms with Crippen LogP contribution in [-0.4, -0.2) is 0 Å². The minimum atomic E-state index is -0.162. The molecule has 0 atom stereocenters. The van der Waals surface area contributed by atoms with E-state index in [2.05, 4.69) is 17.4 Å². The summed E-state index contributed by atoms with van der Waals surface area (Å²) in [6, 6.07) is 15.2. The Hall–Kier alpha value is -1.83. The molecule has 0 aliphatic heterocycles. The Bertz CT molecular complexity index is 465. The average Bonchev–Trinajstić information content (AvgIpc) is 2.32. The Morgan fingerprint density at radius 1 is 1.06 bits per heavy atom. The molecule has 1 nitrogen and oxygen atoms in total. The molecule has 0 aliphatic carbocycles. The number of anilines is 1. The van der Waals surface area contributed by atoms with Crippen LogP contribution in [-0.2, 0) is 6.54 Å². The topological polar surface area (TPSA) is 12.0 Å². The number of benzene rings is 2. The zero-order chi connectivity index (χ0) is 11.4. The smallest absolute Gasteiger partial charge is 0.126 e. The van der Waals surface area contributed by atoms with E-state index in [1.807, 2.05) is 24.3 Å². The average molecular weight is 215 g/mol. The molecular formula is C14H14FN. The van der Waals surface area contributed by atoms with Gasteiger partial charge in [0.2, 0.25) is 0 Å². The summed E-state index contributed by atoms with van der Waals surface area (Å²) in [5, 5.41) is 3.26. The summed E-state index contributed by atoms with van der Waals surface area (Å²) in [6.07, 6.45) is 0. The highest BCUT2D eigenvalue weighted by Crippen LogP contribution is 2.14. The predicted octanol–water partition coefficient (Wildman–Crippen LogP) is 3.75. The molecule has 0 saturated carbocycles. The Morgan fingerprint density at radius 3 is 2.50 bits per heavy atom. The fourth-order valence-corrected chi connectivity index (χ4v) is 1.55. The minimum absolute atomic E-state index is 0.162. The summed E-state index contributed by atoms with van der Waals surface area (Å²) in [5.41, 5.74) is 2.82. The summed E-state index contributed by atoms with van der Waals surface area (Å²) in [7, 11) is 0. The van der Waals surface area contributed by atoms with Crippen molar-refractivity contribution < 1.29 is 4.39 Å². The largest absolute Gasteiger partial charge is 0.381 e. The maximum absolute atomic E-state index is 13.0. The molecule has 0 spiro atoms. The summed E-state index contributed by atoms with van der Waals surface area (Å²) in [6.45, 7) is 2.52. The lowest BCUT2D eigenvalue weighted by Crippen LogP contribution is -1.99. The van der Waals surface area contributed by atoms with Gasteiger partial charge in [-0.3, -0.25) is 0 Å². The van der Waals surface area contributed by atoms with Gasteiger partial charge in [-0.25, -0.2) is 4.39 Å². The highest BCUT2D eigenvalue weighted by Gasteiger charge is 1.98. The second kappa shape index (κ2) is 4.79. The molecule has 0 aliphatic rings. The van der Waals surface area contributed by atoms with Crippen LogP contribution >= 0.6 is 0 Å². The van der Waals surface area contributed by atoms with E-state index in [0.717, 1.165) is 12.2 Å². The number of hydrogen-bond donors (Lipinski definition) is 1. The first kappa shape index (κ1) is 10.7. The Morgan fingerprint density at radius 2 is 1.81 bits per heavy atom. The second-order valence-corrected chi connectivity index (χ2v) is 3.80. The fraction of sp³-hybridized carbons (Fsp3) is 0.143. The summed E-state index contributed by atoms with van der Waals surface area (Å²) >= 11 is 0. The van der Waals surface area contributed by atoms with Gasteiger partial charge in [-0.1, -0.05) is 30.3 Å². The van der Waals surface area contributed by atoms with Crippen molar-refractivity contribution in [2.45, 2.75) is 13.5 Å². The van der Waals surface area contributed by atoms with E-state index in [1.54, 1.807) is 13.0 Å². The number of rotatable bonds is 3. The maximum atomic E-state index is 13.0. The van der Waals surface area contributed by atoms with Crippen LogP contribution in [0.3, 0.4) is 0 Å². The van der Waals surface area contributed by atoms with Crippen molar-refractivity contribution in [1.29, 1.82) is 0 Å². The first-order chi connectivity index (χ1) is 7.75. The lowest BCUT2D eigenvalue weighted by atomic mass is 10.2. The van der Waals surface area contributed by atoms with Crippen molar-refractivity contribution in [2.75, 3.05) is 5.32 Å². The highest BCUT2D eigenvalue weighted by atomic mass is 19.1. The molecule has 0 unspecified atom stereocenters. The van der Waals surface area contributed by atoms with Crippen LogP contribution in [0.25, 0.3) is 0 Å². The van der Waals surface area contributed by atoms with Gasteiger partial charge in [0.15, 0.2) is 0 Å². The van der Waals surface area contributed by atoms with E-state index in [9.17, 15) is 4.39 Å². The molecule has 0 aromatic heterocycles. The van der Waals surface area contributed by atoms with Gasteiger partial charge in [0.05, 0.1) is 0 Å². The first-order valence-corrected chi connectivity index (χ1v) is 5.29. The minimum Gasteiger partial charge on any atom is -0.381 e. The number of halogens is 1. The van der Waals surface area contributed by atoms with Crippen LogP contribution < -0.4 is 5.32 Å². The number of nitrogens with one attached hydrogen (secondary N) is 1. The fourth-order valence-electron chi connectivity index (χ4n) is 1.55. The molecule has 0 fully saturated rings. The van der Waals surface area contributed by atoms with E-state index in [0.29, 0.717) is 5.56 Å². The third-order valence-electron chi connectivity index (χ3n) is 2.50. The lowest BCUT2D eigenvalue weighted by Gasteiger charge is -2.07. The van der Waals surface area contributed by atoms with Gasteiger partial charge in [0, 0.05) is 12.2 Å². The summed E-state index contributed by atoms with van der Waals surface area (Å²) in [4.78, 5) is 0.